The summed E-state index contributed by atoms with van der Waals surface area (Å²) in [6.07, 6.45) is 14.2. The Kier molecular flexibility index (Phi) is 6.50. The molecule has 2 rings (SSSR count). The highest BCUT2D eigenvalue weighted by Gasteiger charge is 2.31. The third-order valence-electron chi connectivity index (χ3n) is 4.56. The molecule has 0 amide bonds. The maximum atomic E-state index is 3.77. The normalized spacial score (nSPS) is 22.5. The van der Waals surface area contributed by atoms with Gasteiger partial charge in [-0.05, 0) is 51.7 Å². The summed E-state index contributed by atoms with van der Waals surface area (Å²) in [5.41, 5.74) is 0. The first-order chi connectivity index (χ1) is 8.90. The van der Waals surface area contributed by atoms with E-state index in [1.54, 1.807) is 0 Å². The lowest BCUT2D eigenvalue weighted by molar-refractivity contribution is 0.189. The number of hydrogen-bond acceptors (Lipinski definition) is 2. The van der Waals surface area contributed by atoms with E-state index in [0.717, 1.165) is 12.1 Å². The molecule has 2 aliphatic rings. The monoisotopic (exact) mass is 252 g/mol. The van der Waals surface area contributed by atoms with Gasteiger partial charge in [0.15, 0.2) is 0 Å². The van der Waals surface area contributed by atoms with Gasteiger partial charge >= 0.3 is 0 Å². The first-order valence-electron chi connectivity index (χ1n) is 8.37. The van der Waals surface area contributed by atoms with Crippen LogP contribution in [0, 0.1) is 0 Å². The first kappa shape index (κ1) is 14.3. The second-order valence-corrected chi connectivity index (χ2v) is 6.26. The van der Waals surface area contributed by atoms with Crippen molar-refractivity contribution in [3.63, 3.8) is 0 Å². The SMILES string of the molecule is CCCCCCCCNC1CCN(C2CC2)CC1. The van der Waals surface area contributed by atoms with Crippen LogP contribution < -0.4 is 5.32 Å². The van der Waals surface area contributed by atoms with E-state index in [-0.39, 0.29) is 0 Å². The fourth-order valence-corrected chi connectivity index (χ4v) is 3.12. The summed E-state index contributed by atoms with van der Waals surface area (Å²) < 4.78 is 0. The predicted octanol–water partition coefficient (Wildman–Crippen LogP) is 3.56. The molecule has 0 atom stereocenters. The van der Waals surface area contributed by atoms with Crippen LogP contribution in [0.3, 0.4) is 0 Å². The maximum absolute atomic E-state index is 3.77. The Labute approximate surface area is 114 Å². The lowest BCUT2D eigenvalue weighted by Crippen LogP contribution is -2.43. The van der Waals surface area contributed by atoms with Gasteiger partial charge in [0, 0.05) is 12.1 Å². The fourth-order valence-electron chi connectivity index (χ4n) is 3.12. The highest BCUT2D eigenvalue weighted by molar-refractivity contribution is 4.88. The van der Waals surface area contributed by atoms with Gasteiger partial charge in [-0.3, -0.25) is 0 Å². The van der Waals surface area contributed by atoms with Crippen molar-refractivity contribution in [3.8, 4) is 0 Å². The zero-order valence-electron chi connectivity index (χ0n) is 12.3. The van der Waals surface area contributed by atoms with Gasteiger partial charge in [-0.1, -0.05) is 39.0 Å². The number of likely N-dealkylation sites (tertiary alicyclic amines) is 1. The summed E-state index contributed by atoms with van der Waals surface area (Å²) in [7, 11) is 0. The Morgan fingerprint density at radius 3 is 2.22 bits per heavy atom. The molecule has 1 saturated carbocycles. The molecule has 2 heteroatoms. The molecule has 0 radical (unpaired) electrons. The summed E-state index contributed by atoms with van der Waals surface area (Å²) in [6.45, 7) is 6.23. The van der Waals surface area contributed by atoms with Crippen molar-refractivity contribution < 1.29 is 0 Å². The third-order valence-corrected chi connectivity index (χ3v) is 4.56. The van der Waals surface area contributed by atoms with E-state index in [1.165, 1.54) is 83.8 Å². The van der Waals surface area contributed by atoms with Crippen molar-refractivity contribution in [1.29, 1.82) is 0 Å². The van der Waals surface area contributed by atoms with Crippen molar-refractivity contribution in [2.75, 3.05) is 19.6 Å². The highest BCUT2D eigenvalue weighted by atomic mass is 15.2. The van der Waals surface area contributed by atoms with Gasteiger partial charge in [0.25, 0.3) is 0 Å². The van der Waals surface area contributed by atoms with Crippen LogP contribution in [0.25, 0.3) is 0 Å². The Balaban J connectivity index is 1.40. The minimum Gasteiger partial charge on any atom is -0.314 e. The molecule has 0 aromatic carbocycles. The van der Waals surface area contributed by atoms with Gasteiger partial charge in [0.1, 0.15) is 0 Å². The van der Waals surface area contributed by atoms with Crippen LogP contribution in [0.5, 0.6) is 0 Å². The van der Waals surface area contributed by atoms with Crippen LogP contribution in [0.2, 0.25) is 0 Å². The van der Waals surface area contributed by atoms with Crippen LogP contribution in [0.15, 0.2) is 0 Å². The maximum Gasteiger partial charge on any atom is 0.00964 e. The molecule has 0 spiro atoms. The number of hydrogen-bond donors (Lipinski definition) is 1. The summed E-state index contributed by atoms with van der Waals surface area (Å²) >= 11 is 0. The largest absolute Gasteiger partial charge is 0.314 e. The third kappa shape index (κ3) is 5.27. The van der Waals surface area contributed by atoms with E-state index in [0.29, 0.717) is 0 Å². The smallest absolute Gasteiger partial charge is 0.00964 e. The van der Waals surface area contributed by atoms with Gasteiger partial charge in [0.2, 0.25) is 0 Å². The van der Waals surface area contributed by atoms with Crippen molar-refractivity contribution in [1.82, 2.24) is 10.2 Å². The highest BCUT2D eigenvalue weighted by Crippen LogP contribution is 2.29. The van der Waals surface area contributed by atoms with E-state index in [1.807, 2.05) is 0 Å². The minimum atomic E-state index is 0.815. The molecule has 18 heavy (non-hydrogen) atoms. The van der Waals surface area contributed by atoms with Crippen LogP contribution in [-0.2, 0) is 0 Å². The molecular weight excluding hydrogens is 220 g/mol. The van der Waals surface area contributed by atoms with Gasteiger partial charge < -0.3 is 10.2 Å². The lowest BCUT2D eigenvalue weighted by atomic mass is 10.0. The standard InChI is InChI=1S/C16H32N2/c1-2-3-4-5-6-7-12-17-15-10-13-18(14-11-15)16-8-9-16/h15-17H,2-14H2,1H3. The quantitative estimate of drug-likeness (QED) is 0.631. The fraction of sp³-hybridized carbons (Fsp3) is 1.00. The van der Waals surface area contributed by atoms with E-state index in [2.05, 4.69) is 17.1 Å². The summed E-state index contributed by atoms with van der Waals surface area (Å²) in [4.78, 5) is 2.71. The number of piperidine rings is 1. The molecule has 1 saturated heterocycles. The average molecular weight is 252 g/mol. The zero-order chi connectivity index (χ0) is 12.6. The Morgan fingerprint density at radius 2 is 1.56 bits per heavy atom. The molecule has 1 heterocycles. The van der Waals surface area contributed by atoms with Crippen LogP contribution in [-0.4, -0.2) is 36.6 Å². The van der Waals surface area contributed by atoms with Gasteiger partial charge in [-0.2, -0.15) is 0 Å². The summed E-state index contributed by atoms with van der Waals surface area (Å²) in [5, 5.41) is 3.77. The molecule has 2 nitrogen and oxygen atoms in total. The predicted molar refractivity (Wildman–Crippen MR) is 79.0 cm³/mol. The van der Waals surface area contributed by atoms with Crippen LogP contribution >= 0.6 is 0 Å². The molecule has 1 aliphatic heterocycles. The molecule has 1 aliphatic carbocycles. The van der Waals surface area contributed by atoms with E-state index in [9.17, 15) is 0 Å². The topological polar surface area (TPSA) is 15.3 Å². The number of unbranched alkanes of at least 4 members (excludes halogenated alkanes) is 5. The average Bonchev–Trinajstić information content (AvgIpc) is 3.23. The first-order valence-corrected chi connectivity index (χ1v) is 8.37. The summed E-state index contributed by atoms with van der Waals surface area (Å²) in [5.74, 6) is 0. The van der Waals surface area contributed by atoms with Crippen molar-refractivity contribution >= 4 is 0 Å². The number of nitrogens with one attached hydrogen (secondary N) is 1. The minimum absolute atomic E-state index is 0.815. The van der Waals surface area contributed by atoms with Gasteiger partial charge in [0.05, 0.1) is 0 Å². The zero-order valence-corrected chi connectivity index (χ0v) is 12.3. The van der Waals surface area contributed by atoms with Gasteiger partial charge in [-0.15, -0.1) is 0 Å². The Morgan fingerprint density at radius 1 is 0.889 bits per heavy atom. The molecule has 0 aromatic rings. The number of rotatable bonds is 9. The van der Waals surface area contributed by atoms with Gasteiger partial charge in [-0.25, -0.2) is 0 Å². The van der Waals surface area contributed by atoms with Crippen molar-refractivity contribution in [2.45, 2.75) is 83.2 Å². The lowest BCUT2D eigenvalue weighted by Gasteiger charge is -2.32. The molecule has 2 fully saturated rings. The molecule has 0 aromatic heterocycles. The van der Waals surface area contributed by atoms with E-state index in [4.69, 9.17) is 0 Å². The summed E-state index contributed by atoms with van der Waals surface area (Å²) in [6, 6.07) is 1.79. The molecule has 1 N–H and O–H groups in total. The van der Waals surface area contributed by atoms with Crippen molar-refractivity contribution in [3.05, 3.63) is 0 Å². The Hall–Kier alpha value is -0.0800. The van der Waals surface area contributed by atoms with E-state index >= 15 is 0 Å². The molecule has 0 bridgehead atoms. The van der Waals surface area contributed by atoms with Crippen LogP contribution in [0.4, 0.5) is 0 Å². The van der Waals surface area contributed by atoms with E-state index < -0.39 is 0 Å². The molecular formula is C16H32N2. The molecule has 106 valence electrons. The second-order valence-electron chi connectivity index (χ2n) is 6.26. The molecule has 0 unspecified atom stereocenters. The van der Waals surface area contributed by atoms with Crippen LogP contribution in [0.1, 0.15) is 71.1 Å². The Bertz CT molecular complexity index is 205. The van der Waals surface area contributed by atoms with Crippen molar-refractivity contribution in [2.24, 2.45) is 0 Å². The number of nitrogens with zero attached hydrogens (tertiary/aromatic N) is 1. The second kappa shape index (κ2) is 8.16.